The van der Waals surface area contributed by atoms with Crippen molar-refractivity contribution < 1.29 is 27.9 Å². The van der Waals surface area contributed by atoms with Crippen LogP contribution in [0.1, 0.15) is 48.4 Å². The van der Waals surface area contributed by atoms with Gasteiger partial charge in [-0.2, -0.15) is 13.2 Å². The molecule has 1 unspecified atom stereocenters. The Hall–Kier alpha value is -2.29. The molecule has 2 heterocycles. The number of amides is 1. The zero-order chi connectivity index (χ0) is 19.6. The van der Waals surface area contributed by atoms with Crippen LogP contribution in [0.15, 0.2) is 12.3 Å². The highest BCUT2D eigenvalue weighted by Gasteiger charge is 2.33. The number of fused-ring (bicyclic) bond motifs is 1. The molecule has 10 heteroatoms. The van der Waals surface area contributed by atoms with Crippen molar-refractivity contribution in [2.75, 3.05) is 0 Å². The van der Waals surface area contributed by atoms with Crippen molar-refractivity contribution in [3.8, 4) is 0 Å². The third-order valence-electron chi connectivity index (χ3n) is 3.81. The lowest BCUT2D eigenvalue weighted by Crippen LogP contribution is -2.41. The maximum absolute atomic E-state index is 13.1. The Bertz CT molecular complexity index is 849. The number of aromatic nitrogens is 2. The number of aliphatic carboxylic acids is 1. The molecule has 2 rings (SSSR count). The van der Waals surface area contributed by atoms with Gasteiger partial charge in [-0.05, 0) is 18.9 Å². The fraction of sp³-hybridized carbons (Fsp3) is 0.438. The lowest BCUT2D eigenvalue weighted by atomic mass is 10.1. The molecule has 0 aliphatic rings. The van der Waals surface area contributed by atoms with Crippen LogP contribution in [0.25, 0.3) is 5.65 Å². The Balaban J connectivity index is 2.59. The van der Waals surface area contributed by atoms with Crippen LogP contribution in [0.2, 0.25) is 5.02 Å². The summed E-state index contributed by atoms with van der Waals surface area (Å²) in [5.74, 6) is -2.04. The van der Waals surface area contributed by atoms with Crippen molar-refractivity contribution in [2.24, 2.45) is 0 Å². The van der Waals surface area contributed by atoms with Crippen LogP contribution in [-0.4, -0.2) is 32.4 Å². The van der Waals surface area contributed by atoms with E-state index in [1.807, 2.05) is 0 Å². The molecule has 0 fully saturated rings. The van der Waals surface area contributed by atoms with Gasteiger partial charge in [0.15, 0.2) is 5.65 Å². The molecule has 1 amide bonds. The number of carboxylic acid groups (broad SMARTS) is 1. The average molecular weight is 392 g/mol. The largest absolute Gasteiger partial charge is 0.480 e. The predicted octanol–water partition coefficient (Wildman–Crippen LogP) is 3.55. The molecular formula is C16H17ClF3N3O3. The third-order valence-corrected chi connectivity index (χ3v) is 4.08. The highest BCUT2D eigenvalue weighted by molar-refractivity contribution is 6.33. The first-order chi connectivity index (χ1) is 12.1. The summed E-state index contributed by atoms with van der Waals surface area (Å²) in [6, 6.07) is -0.411. The summed E-state index contributed by atoms with van der Waals surface area (Å²) in [7, 11) is 0. The molecule has 0 aliphatic heterocycles. The number of hydrogen-bond acceptors (Lipinski definition) is 3. The molecule has 142 valence electrons. The van der Waals surface area contributed by atoms with Gasteiger partial charge in [0.25, 0.3) is 5.91 Å². The van der Waals surface area contributed by atoms with Gasteiger partial charge in [-0.3, -0.25) is 9.20 Å². The Morgan fingerprint density at radius 3 is 2.54 bits per heavy atom. The van der Waals surface area contributed by atoms with E-state index in [2.05, 4.69) is 10.3 Å². The molecule has 0 saturated carbocycles. The number of carbonyl (C=O) groups is 2. The molecule has 2 N–H and O–H groups in total. The highest BCUT2D eigenvalue weighted by Crippen LogP contribution is 2.33. The van der Waals surface area contributed by atoms with Crippen molar-refractivity contribution in [1.29, 1.82) is 0 Å². The lowest BCUT2D eigenvalue weighted by Gasteiger charge is -2.14. The summed E-state index contributed by atoms with van der Waals surface area (Å²) in [5.41, 5.74) is -0.960. The zero-order valence-corrected chi connectivity index (χ0v) is 14.8. The SMILES string of the molecule is CCCC(NC(=O)c1c(CC)nc2c(Cl)cc(C(F)(F)F)cn12)C(=O)O. The number of pyridine rings is 1. The molecule has 26 heavy (non-hydrogen) atoms. The van der Waals surface area contributed by atoms with Crippen molar-refractivity contribution in [1.82, 2.24) is 14.7 Å². The van der Waals surface area contributed by atoms with E-state index in [9.17, 15) is 27.9 Å². The van der Waals surface area contributed by atoms with Gasteiger partial charge in [0.1, 0.15) is 11.7 Å². The predicted molar refractivity (Wildman–Crippen MR) is 88.4 cm³/mol. The Labute approximate surface area is 152 Å². The number of hydrogen-bond donors (Lipinski definition) is 2. The van der Waals surface area contributed by atoms with Gasteiger partial charge < -0.3 is 10.4 Å². The maximum atomic E-state index is 13.1. The van der Waals surface area contributed by atoms with Crippen LogP contribution in [0, 0.1) is 0 Å². The second-order valence-electron chi connectivity index (χ2n) is 5.68. The number of aryl methyl sites for hydroxylation is 1. The van der Waals surface area contributed by atoms with E-state index in [1.165, 1.54) is 0 Å². The van der Waals surface area contributed by atoms with Crippen molar-refractivity contribution in [3.05, 3.63) is 34.2 Å². The van der Waals surface area contributed by atoms with E-state index in [0.717, 1.165) is 16.7 Å². The van der Waals surface area contributed by atoms with Crippen LogP contribution in [0.3, 0.4) is 0 Å². The number of carboxylic acids is 1. The fourth-order valence-electron chi connectivity index (χ4n) is 2.57. The normalized spacial score (nSPS) is 13.0. The monoisotopic (exact) mass is 391 g/mol. The maximum Gasteiger partial charge on any atom is 0.417 e. The van der Waals surface area contributed by atoms with Gasteiger partial charge in [-0.1, -0.05) is 31.9 Å². The summed E-state index contributed by atoms with van der Waals surface area (Å²) < 4.78 is 40.2. The quantitative estimate of drug-likeness (QED) is 0.788. The average Bonchev–Trinajstić information content (AvgIpc) is 2.92. The number of imidazole rings is 1. The Morgan fingerprint density at radius 1 is 1.38 bits per heavy atom. The zero-order valence-electron chi connectivity index (χ0n) is 14.0. The summed E-state index contributed by atoms with van der Waals surface area (Å²) in [6.07, 6.45) is -2.97. The number of nitrogens with one attached hydrogen (secondary N) is 1. The number of alkyl halides is 3. The van der Waals surface area contributed by atoms with Crippen LogP contribution < -0.4 is 5.32 Å². The first-order valence-corrected chi connectivity index (χ1v) is 8.29. The standard InChI is InChI=1S/C16H17ClF3N3O3/c1-3-5-11(15(25)26)22-14(24)12-10(4-2)21-13-9(17)6-8(7-23(12)13)16(18,19)20/h6-7,11H,3-5H2,1-2H3,(H,22,24)(H,25,26). The van der Waals surface area contributed by atoms with Gasteiger partial charge in [0, 0.05) is 6.20 Å². The Morgan fingerprint density at radius 2 is 2.04 bits per heavy atom. The van der Waals surface area contributed by atoms with Gasteiger partial charge in [0.05, 0.1) is 16.3 Å². The molecule has 0 saturated heterocycles. The van der Waals surface area contributed by atoms with Crippen molar-refractivity contribution in [2.45, 2.75) is 45.3 Å². The molecule has 0 spiro atoms. The summed E-state index contributed by atoms with van der Waals surface area (Å²) in [6.45, 7) is 3.43. The van der Waals surface area contributed by atoms with Gasteiger partial charge in [0.2, 0.25) is 0 Å². The summed E-state index contributed by atoms with van der Waals surface area (Å²) in [5, 5.41) is 11.3. The van der Waals surface area contributed by atoms with E-state index >= 15 is 0 Å². The first-order valence-electron chi connectivity index (χ1n) is 7.91. The smallest absolute Gasteiger partial charge is 0.417 e. The summed E-state index contributed by atoms with van der Waals surface area (Å²) in [4.78, 5) is 28.0. The molecule has 2 aromatic rings. The topological polar surface area (TPSA) is 83.7 Å². The molecule has 0 aliphatic carbocycles. The van der Waals surface area contributed by atoms with Crippen LogP contribution in [0.5, 0.6) is 0 Å². The van der Waals surface area contributed by atoms with Crippen LogP contribution in [-0.2, 0) is 17.4 Å². The molecule has 0 bridgehead atoms. The lowest BCUT2D eigenvalue weighted by molar-refractivity contribution is -0.139. The van der Waals surface area contributed by atoms with E-state index in [0.29, 0.717) is 6.42 Å². The van der Waals surface area contributed by atoms with Gasteiger partial charge in [-0.25, -0.2) is 9.78 Å². The minimum atomic E-state index is -4.66. The molecule has 0 aromatic carbocycles. The highest BCUT2D eigenvalue weighted by atomic mass is 35.5. The third kappa shape index (κ3) is 3.92. The van der Waals surface area contributed by atoms with Gasteiger partial charge >= 0.3 is 12.1 Å². The molecule has 2 aromatic heterocycles. The van der Waals surface area contributed by atoms with E-state index in [1.54, 1.807) is 13.8 Å². The van der Waals surface area contributed by atoms with Gasteiger partial charge in [-0.15, -0.1) is 0 Å². The summed E-state index contributed by atoms with van der Waals surface area (Å²) >= 11 is 5.91. The number of carbonyl (C=O) groups excluding carboxylic acids is 1. The second-order valence-corrected chi connectivity index (χ2v) is 6.09. The minimum Gasteiger partial charge on any atom is -0.480 e. The molecule has 6 nitrogen and oxygen atoms in total. The van der Waals surface area contributed by atoms with E-state index in [-0.39, 0.29) is 34.9 Å². The first kappa shape index (κ1) is 20.0. The molecule has 1 atom stereocenters. The molecule has 0 radical (unpaired) electrons. The number of rotatable bonds is 6. The minimum absolute atomic E-state index is 0.00373. The van der Waals surface area contributed by atoms with E-state index < -0.39 is 29.7 Å². The number of nitrogens with zero attached hydrogens (tertiary/aromatic N) is 2. The Kier molecular flexibility index (Phi) is 5.80. The van der Waals surface area contributed by atoms with Crippen molar-refractivity contribution >= 4 is 29.1 Å². The van der Waals surface area contributed by atoms with Crippen molar-refractivity contribution in [3.63, 3.8) is 0 Å². The van der Waals surface area contributed by atoms with Crippen LogP contribution >= 0.6 is 11.6 Å². The van der Waals surface area contributed by atoms with Crippen LogP contribution in [0.4, 0.5) is 13.2 Å². The molecular weight excluding hydrogens is 375 g/mol. The fourth-order valence-corrected chi connectivity index (χ4v) is 2.82. The van der Waals surface area contributed by atoms with E-state index in [4.69, 9.17) is 11.6 Å². The number of halogens is 4. The second kappa shape index (κ2) is 7.53.